The van der Waals surface area contributed by atoms with Crippen molar-refractivity contribution >= 4 is 5.71 Å². The maximum atomic E-state index is 10.1. The molecule has 0 saturated heterocycles. The lowest BCUT2D eigenvalue weighted by Gasteiger charge is -2.57. The number of oxime groups is 1. The summed E-state index contributed by atoms with van der Waals surface area (Å²) in [5, 5.41) is 22.8. The lowest BCUT2D eigenvalue weighted by atomic mass is 9.48. The van der Waals surface area contributed by atoms with Crippen LogP contribution in [0.25, 0.3) is 0 Å². The van der Waals surface area contributed by atoms with Crippen LogP contribution in [0.3, 0.4) is 0 Å². The standard InChI is InChI=1S/C23H29NO3/c1-12-9-17-15(14-4-3-13(24-26)10-16(12)14)5-7-22(2)21(17)18-11-19(18)23(22)8-6-20(25)27-23/h6,8,10,14-15,17-21,25-26H,1,3-5,7,9,11H2,2H3/b24-13+/t14-,15?,17?,18-,19+,20?,21?,22+,23+/m1/s1. The highest BCUT2D eigenvalue weighted by atomic mass is 16.6. The van der Waals surface area contributed by atoms with Crippen LogP contribution in [0.15, 0.2) is 41.1 Å². The average molecular weight is 367 g/mol. The zero-order valence-corrected chi connectivity index (χ0v) is 16.0. The van der Waals surface area contributed by atoms with Crippen LogP contribution in [0.1, 0.15) is 45.4 Å². The van der Waals surface area contributed by atoms with E-state index >= 15 is 0 Å². The summed E-state index contributed by atoms with van der Waals surface area (Å²) in [6, 6.07) is 0. The van der Waals surface area contributed by atoms with Crippen molar-refractivity contribution in [3.8, 4) is 0 Å². The minimum absolute atomic E-state index is 0.129. The maximum Gasteiger partial charge on any atom is 0.175 e. The number of fused-ring (bicyclic) bond motifs is 9. The van der Waals surface area contributed by atoms with E-state index in [1.54, 1.807) is 0 Å². The molecule has 4 saturated carbocycles. The SMILES string of the molecule is C=C1CC2C(CC[C@@]3(C)C2[C@@H]2C[C@@H]2[C@@]32C=CC(O)O2)[C@H]2CC/C(=N\O)C=C12. The first-order chi connectivity index (χ1) is 13.0. The zero-order chi connectivity index (χ0) is 18.6. The van der Waals surface area contributed by atoms with Crippen molar-refractivity contribution in [2.24, 2.45) is 46.1 Å². The second kappa shape index (κ2) is 5.15. The third-order valence-corrected chi connectivity index (χ3v) is 9.28. The summed E-state index contributed by atoms with van der Waals surface area (Å²) >= 11 is 0. The molecule has 27 heavy (non-hydrogen) atoms. The van der Waals surface area contributed by atoms with Gasteiger partial charge in [-0.3, -0.25) is 0 Å². The Kier molecular flexibility index (Phi) is 3.16. The summed E-state index contributed by atoms with van der Waals surface area (Å²) in [5.74, 6) is 3.97. The molecule has 1 heterocycles. The summed E-state index contributed by atoms with van der Waals surface area (Å²) in [7, 11) is 0. The summed E-state index contributed by atoms with van der Waals surface area (Å²) in [6.07, 6.45) is 12.1. The summed E-state index contributed by atoms with van der Waals surface area (Å²) in [4.78, 5) is 0. The molecule has 0 amide bonds. The quantitative estimate of drug-likeness (QED) is 0.386. The van der Waals surface area contributed by atoms with Gasteiger partial charge in [-0.25, -0.2) is 0 Å². The number of hydrogen-bond acceptors (Lipinski definition) is 4. The summed E-state index contributed by atoms with van der Waals surface area (Å²) in [6.45, 7) is 6.88. The van der Waals surface area contributed by atoms with E-state index in [0.717, 1.165) is 30.9 Å². The molecule has 0 aromatic carbocycles. The molecule has 1 spiro atoms. The van der Waals surface area contributed by atoms with Crippen molar-refractivity contribution in [3.05, 3.63) is 36.0 Å². The third-order valence-electron chi connectivity index (χ3n) is 9.28. The Morgan fingerprint density at radius 2 is 2.11 bits per heavy atom. The lowest BCUT2D eigenvalue weighted by Crippen LogP contribution is -2.55. The average Bonchev–Trinajstić information content (AvgIpc) is 3.30. The Morgan fingerprint density at radius 3 is 2.85 bits per heavy atom. The fourth-order valence-electron chi connectivity index (χ4n) is 8.29. The van der Waals surface area contributed by atoms with Crippen LogP contribution in [0.2, 0.25) is 0 Å². The van der Waals surface area contributed by atoms with Gasteiger partial charge in [-0.1, -0.05) is 30.3 Å². The molecule has 1 aliphatic heterocycles. The van der Waals surface area contributed by atoms with Crippen molar-refractivity contribution in [2.45, 2.75) is 57.3 Å². The molecule has 2 N–H and O–H groups in total. The molecular formula is C23H29NO3. The van der Waals surface area contributed by atoms with Gasteiger partial charge < -0.3 is 15.1 Å². The second-order valence-electron chi connectivity index (χ2n) is 10.1. The van der Waals surface area contributed by atoms with Gasteiger partial charge in [0.2, 0.25) is 0 Å². The van der Waals surface area contributed by atoms with E-state index in [1.165, 1.54) is 30.4 Å². The van der Waals surface area contributed by atoms with Crippen molar-refractivity contribution in [1.82, 2.24) is 0 Å². The predicted octanol–water partition coefficient (Wildman–Crippen LogP) is 4.05. The van der Waals surface area contributed by atoms with Gasteiger partial charge in [0, 0.05) is 5.41 Å². The monoisotopic (exact) mass is 367 g/mol. The van der Waals surface area contributed by atoms with E-state index in [0.29, 0.717) is 29.6 Å². The van der Waals surface area contributed by atoms with Gasteiger partial charge in [0.05, 0.1) is 11.3 Å². The van der Waals surface area contributed by atoms with E-state index in [9.17, 15) is 10.3 Å². The van der Waals surface area contributed by atoms with E-state index in [-0.39, 0.29) is 11.0 Å². The highest BCUT2D eigenvalue weighted by molar-refractivity contribution is 5.96. The van der Waals surface area contributed by atoms with E-state index < -0.39 is 6.29 Å². The lowest BCUT2D eigenvalue weighted by molar-refractivity contribution is -0.194. The van der Waals surface area contributed by atoms with Gasteiger partial charge in [0.25, 0.3) is 0 Å². The van der Waals surface area contributed by atoms with Crippen molar-refractivity contribution in [1.29, 1.82) is 0 Å². The highest BCUT2D eigenvalue weighted by Crippen LogP contribution is 2.77. The first-order valence-corrected chi connectivity index (χ1v) is 10.6. The fourth-order valence-corrected chi connectivity index (χ4v) is 8.29. The molecule has 0 bridgehead atoms. The van der Waals surface area contributed by atoms with E-state index in [4.69, 9.17) is 4.74 Å². The Bertz CT molecular complexity index is 812. The first-order valence-electron chi connectivity index (χ1n) is 10.6. The molecule has 9 atom stereocenters. The van der Waals surface area contributed by atoms with Crippen LogP contribution in [-0.2, 0) is 4.74 Å². The van der Waals surface area contributed by atoms with Crippen molar-refractivity contribution < 1.29 is 15.1 Å². The topological polar surface area (TPSA) is 62.0 Å². The molecule has 4 fully saturated rings. The van der Waals surface area contributed by atoms with Crippen LogP contribution in [0.4, 0.5) is 0 Å². The normalized spacial score (nSPS) is 56.5. The Balaban J connectivity index is 1.38. The minimum Gasteiger partial charge on any atom is -0.411 e. The van der Waals surface area contributed by atoms with E-state index in [2.05, 4.69) is 30.8 Å². The van der Waals surface area contributed by atoms with Crippen LogP contribution >= 0.6 is 0 Å². The number of nitrogens with zero attached hydrogens (tertiary/aromatic N) is 1. The number of aliphatic hydroxyl groups is 1. The molecule has 6 rings (SSSR count). The molecule has 5 aliphatic carbocycles. The zero-order valence-electron chi connectivity index (χ0n) is 16.0. The number of aliphatic hydroxyl groups excluding tert-OH is 1. The van der Waals surface area contributed by atoms with Crippen LogP contribution < -0.4 is 0 Å². The molecule has 4 heteroatoms. The number of rotatable bonds is 0. The molecule has 4 nitrogen and oxygen atoms in total. The molecule has 0 aromatic rings. The third kappa shape index (κ3) is 1.89. The molecule has 144 valence electrons. The molecule has 0 aromatic heterocycles. The van der Waals surface area contributed by atoms with Crippen molar-refractivity contribution in [3.63, 3.8) is 0 Å². The fraction of sp³-hybridized carbons (Fsp3) is 0.696. The molecule has 6 aliphatic rings. The predicted molar refractivity (Wildman–Crippen MR) is 102 cm³/mol. The Hall–Kier alpha value is -1.39. The van der Waals surface area contributed by atoms with Crippen molar-refractivity contribution in [2.75, 3.05) is 0 Å². The van der Waals surface area contributed by atoms with Gasteiger partial charge >= 0.3 is 0 Å². The van der Waals surface area contributed by atoms with Gasteiger partial charge in [0.1, 0.15) is 0 Å². The molecule has 4 unspecified atom stereocenters. The highest BCUT2D eigenvalue weighted by Gasteiger charge is 2.77. The Morgan fingerprint density at radius 1 is 1.26 bits per heavy atom. The van der Waals surface area contributed by atoms with Gasteiger partial charge in [-0.2, -0.15) is 0 Å². The number of allylic oxidation sites excluding steroid dienone is 3. The largest absolute Gasteiger partial charge is 0.411 e. The molecular weight excluding hydrogens is 338 g/mol. The summed E-state index contributed by atoms with van der Waals surface area (Å²) < 4.78 is 6.25. The number of hydrogen-bond donors (Lipinski definition) is 2. The molecule has 0 radical (unpaired) electrons. The summed E-state index contributed by atoms with van der Waals surface area (Å²) in [5.41, 5.74) is 3.30. The number of ether oxygens (including phenoxy) is 1. The van der Waals surface area contributed by atoms with Crippen LogP contribution in [0.5, 0.6) is 0 Å². The second-order valence-corrected chi connectivity index (χ2v) is 10.1. The van der Waals surface area contributed by atoms with Crippen LogP contribution in [-0.4, -0.2) is 27.9 Å². The van der Waals surface area contributed by atoms with Gasteiger partial charge in [-0.15, -0.1) is 0 Å². The van der Waals surface area contributed by atoms with Crippen LogP contribution in [0, 0.1) is 40.9 Å². The smallest absolute Gasteiger partial charge is 0.175 e. The van der Waals surface area contributed by atoms with Gasteiger partial charge in [0.15, 0.2) is 6.29 Å². The first kappa shape index (κ1) is 16.6. The van der Waals surface area contributed by atoms with Gasteiger partial charge in [-0.05, 0) is 91.8 Å². The minimum atomic E-state index is -0.732. The van der Waals surface area contributed by atoms with E-state index in [1.807, 2.05) is 6.08 Å². The maximum absolute atomic E-state index is 10.1. The Labute approximate surface area is 160 Å².